The molecule has 1 aliphatic heterocycles. The van der Waals surface area contributed by atoms with Crippen molar-refractivity contribution in [2.24, 2.45) is 5.92 Å². The Morgan fingerprint density at radius 3 is 3.00 bits per heavy atom. The van der Waals surface area contributed by atoms with E-state index in [-0.39, 0.29) is 18.2 Å². The summed E-state index contributed by atoms with van der Waals surface area (Å²) in [6.45, 7) is 5.07. The van der Waals surface area contributed by atoms with Crippen LogP contribution < -0.4 is 10.2 Å². The maximum atomic E-state index is 12.5. The normalized spacial score (nSPS) is 17.0. The maximum Gasteiger partial charge on any atom is 0.231 e. The molecular formula is C17H19ClN4O3S. The van der Waals surface area contributed by atoms with Crippen LogP contribution in [0.15, 0.2) is 18.2 Å². The minimum atomic E-state index is -0.443. The molecule has 0 saturated carbocycles. The van der Waals surface area contributed by atoms with Crippen LogP contribution in [0.5, 0.6) is 0 Å². The highest BCUT2D eigenvalue weighted by molar-refractivity contribution is 7.15. The maximum absolute atomic E-state index is 12.5. The SMILES string of the molecule is CCOCc1nnc(NC(=O)[C@H]2CC(=O)N(c3ccc(C)c(Cl)c3)C2)s1. The van der Waals surface area contributed by atoms with E-state index in [0.717, 1.165) is 5.56 Å². The summed E-state index contributed by atoms with van der Waals surface area (Å²) in [5, 5.41) is 12.3. The van der Waals surface area contributed by atoms with Gasteiger partial charge in [0.2, 0.25) is 16.9 Å². The summed E-state index contributed by atoms with van der Waals surface area (Å²) in [4.78, 5) is 26.4. The number of carbonyl (C=O) groups is 2. The Hall–Kier alpha value is -2.03. The van der Waals surface area contributed by atoms with E-state index in [4.69, 9.17) is 16.3 Å². The topological polar surface area (TPSA) is 84.4 Å². The number of nitrogens with one attached hydrogen (secondary N) is 1. The van der Waals surface area contributed by atoms with Crippen LogP contribution >= 0.6 is 22.9 Å². The van der Waals surface area contributed by atoms with Crippen LogP contribution in [0.4, 0.5) is 10.8 Å². The molecule has 2 heterocycles. The number of aromatic nitrogens is 2. The molecule has 3 rings (SSSR count). The van der Waals surface area contributed by atoms with Crippen molar-refractivity contribution in [2.75, 3.05) is 23.4 Å². The summed E-state index contributed by atoms with van der Waals surface area (Å²) >= 11 is 7.41. The lowest BCUT2D eigenvalue weighted by molar-refractivity contribution is -0.122. The zero-order valence-electron chi connectivity index (χ0n) is 14.5. The van der Waals surface area contributed by atoms with Gasteiger partial charge in [-0.2, -0.15) is 0 Å². The van der Waals surface area contributed by atoms with Crippen LogP contribution in [0, 0.1) is 12.8 Å². The molecule has 7 nitrogen and oxygen atoms in total. The van der Waals surface area contributed by atoms with Gasteiger partial charge in [-0.1, -0.05) is 29.0 Å². The second kappa shape index (κ2) is 8.11. The number of hydrogen-bond donors (Lipinski definition) is 1. The average Bonchev–Trinajstić information content (AvgIpc) is 3.22. The Balaban J connectivity index is 1.63. The summed E-state index contributed by atoms with van der Waals surface area (Å²) in [6.07, 6.45) is 0.155. The monoisotopic (exact) mass is 394 g/mol. The van der Waals surface area contributed by atoms with Gasteiger partial charge in [-0.3, -0.25) is 9.59 Å². The Kier molecular flexibility index (Phi) is 5.85. The van der Waals surface area contributed by atoms with Crippen molar-refractivity contribution in [2.45, 2.75) is 26.9 Å². The van der Waals surface area contributed by atoms with E-state index >= 15 is 0 Å². The molecule has 0 bridgehead atoms. The average molecular weight is 395 g/mol. The van der Waals surface area contributed by atoms with Gasteiger partial charge in [0.25, 0.3) is 0 Å². The van der Waals surface area contributed by atoms with Crippen LogP contribution in [0.1, 0.15) is 23.9 Å². The third-order valence-electron chi connectivity index (χ3n) is 4.09. The van der Waals surface area contributed by atoms with Gasteiger partial charge in [0.1, 0.15) is 11.6 Å². The smallest absolute Gasteiger partial charge is 0.231 e. The number of ether oxygens (including phenoxy) is 1. The number of carbonyl (C=O) groups excluding carboxylic acids is 2. The van der Waals surface area contributed by atoms with Gasteiger partial charge in [0.15, 0.2) is 0 Å². The number of rotatable bonds is 6. The first-order valence-electron chi connectivity index (χ1n) is 8.25. The first-order valence-corrected chi connectivity index (χ1v) is 9.45. The summed E-state index contributed by atoms with van der Waals surface area (Å²) < 4.78 is 5.27. The molecule has 26 heavy (non-hydrogen) atoms. The molecule has 1 fully saturated rings. The number of halogens is 1. The van der Waals surface area contributed by atoms with E-state index in [1.54, 1.807) is 11.0 Å². The van der Waals surface area contributed by atoms with Crippen LogP contribution in [-0.4, -0.2) is 35.2 Å². The van der Waals surface area contributed by atoms with E-state index in [2.05, 4.69) is 15.5 Å². The Labute approximate surface area is 160 Å². The van der Waals surface area contributed by atoms with Crippen molar-refractivity contribution in [3.63, 3.8) is 0 Å². The third-order valence-corrected chi connectivity index (χ3v) is 5.31. The largest absolute Gasteiger partial charge is 0.374 e. The minimum Gasteiger partial charge on any atom is -0.374 e. The second-order valence-electron chi connectivity index (χ2n) is 5.97. The zero-order chi connectivity index (χ0) is 18.7. The molecule has 0 radical (unpaired) electrons. The lowest BCUT2D eigenvalue weighted by Gasteiger charge is -2.17. The highest BCUT2D eigenvalue weighted by Crippen LogP contribution is 2.29. The molecule has 1 aromatic carbocycles. The Morgan fingerprint density at radius 1 is 1.46 bits per heavy atom. The van der Waals surface area contributed by atoms with Gasteiger partial charge in [-0.15, -0.1) is 10.2 Å². The summed E-state index contributed by atoms with van der Waals surface area (Å²) in [7, 11) is 0. The third kappa shape index (κ3) is 4.20. The van der Waals surface area contributed by atoms with E-state index in [0.29, 0.717) is 40.6 Å². The van der Waals surface area contributed by atoms with Crippen LogP contribution in [0.2, 0.25) is 5.02 Å². The predicted octanol–water partition coefficient (Wildman–Crippen LogP) is 3.03. The van der Waals surface area contributed by atoms with Crippen molar-refractivity contribution in [1.82, 2.24) is 10.2 Å². The number of hydrogen-bond acceptors (Lipinski definition) is 6. The molecule has 0 spiro atoms. The van der Waals surface area contributed by atoms with Crippen molar-refractivity contribution in [1.29, 1.82) is 0 Å². The number of benzene rings is 1. The lowest BCUT2D eigenvalue weighted by atomic mass is 10.1. The van der Waals surface area contributed by atoms with E-state index in [1.807, 2.05) is 26.0 Å². The fourth-order valence-corrected chi connectivity index (χ4v) is 3.50. The first-order chi connectivity index (χ1) is 12.5. The molecule has 1 atom stereocenters. The van der Waals surface area contributed by atoms with Crippen LogP contribution in [0.25, 0.3) is 0 Å². The predicted molar refractivity (Wildman–Crippen MR) is 101 cm³/mol. The molecule has 2 amide bonds. The molecule has 1 N–H and O–H groups in total. The van der Waals surface area contributed by atoms with Gasteiger partial charge >= 0.3 is 0 Å². The molecule has 9 heteroatoms. The molecule has 0 aliphatic carbocycles. The first kappa shape index (κ1) is 18.8. The van der Waals surface area contributed by atoms with Crippen molar-refractivity contribution >= 4 is 45.6 Å². The number of nitrogens with zero attached hydrogens (tertiary/aromatic N) is 3. The molecule has 1 saturated heterocycles. The Bertz CT molecular complexity index is 826. The number of aryl methyl sites for hydroxylation is 1. The summed E-state index contributed by atoms with van der Waals surface area (Å²) in [5.41, 5.74) is 1.64. The Morgan fingerprint density at radius 2 is 2.27 bits per heavy atom. The summed E-state index contributed by atoms with van der Waals surface area (Å²) in [5.74, 6) is -0.778. The van der Waals surface area contributed by atoms with Crippen molar-refractivity contribution in [3.05, 3.63) is 33.8 Å². The second-order valence-corrected chi connectivity index (χ2v) is 7.44. The zero-order valence-corrected chi connectivity index (χ0v) is 16.1. The molecule has 2 aromatic rings. The highest BCUT2D eigenvalue weighted by atomic mass is 35.5. The highest BCUT2D eigenvalue weighted by Gasteiger charge is 2.35. The minimum absolute atomic E-state index is 0.0978. The van der Waals surface area contributed by atoms with Crippen molar-refractivity contribution < 1.29 is 14.3 Å². The summed E-state index contributed by atoms with van der Waals surface area (Å²) in [6, 6.07) is 5.45. The molecular weight excluding hydrogens is 376 g/mol. The van der Waals surface area contributed by atoms with Gasteiger partial charge in [0.05, 0.1) is 5.92 Å². The molecule has 1 aromatic heterocycles. The van der Waals surface area contributed by atoms with Gasteiger partial charge in [0, 0.05) is 30.3 Å². The van der Waals surface area contributed by atoms with Gasteiger partial charge in [-0.05, 0) is 31.5 Å². The van der Waals surface area contributed by atoms with E-state index in [1.165, 1.54) is 11.3 Å². The number of amides is 2. The fraction of sp³-hybridized carbons (Fsp3) is 0.412. The van der Waals surface area contributed by atoms with Crippen LogP contribution in [-0.2, 0) is 20.9 Å². The van der Waals surface area contributed by atoms with E-state index < -0.39 is 5.92 Å². The standard InChI is InChI=1S/C17H19ClN4O3S/c1-3-25-9-14-20-21-17(26-14)19-16(24)11-6-15(23)22(8-11)12-5-4-10(2)13(18)7-12/h4-5,7,11H,3,6,8-9H2,1-2H3,(H,19,21,24)/t11-/m0/s1. The quantitative estimate of drug-likeness (QED) is 0.814. The van der Waals surface area contributed by atoms with E-state index in [9.17, 15) is 9.59 Å². The number of anilines is 2. The lowest BCUT2D eigenvalue weighted by Crippen LogP contribution is -2.28. The van der Waals surface area contributed by atoms with Gasteiger partial charge < -0.3 is 15.0 Å². The fourth-order valence-electron chi connectivity index (χ4n) is 2.64. The van der Waals surface area contributed by atoms with Crippen LogP contribution in [0.3, 0.4) is 0 Å². The molecule has 1 aliphatic rings. The molecule has 138 valence electrons. The van der Waals surface area contributed by atoms with Gasteiger partial charge in [-0.25, -0.2) is 0 Å². The van der Waals surface area contributed by atoms with Crippen molar-refractivity contribution in [3.8, 4) is 0 Å². The molecule has 0 unspecified atom stereocenters.